The Morgan fingerprint density at radius 3 is 2.00 bits per heavy atom. The van der Waals surface area contributed by atoms with E-state index in [0.717, 1.165) is 5.69 Å². The molecule has 70 valence electrons. The Morgan fingerprint density at radius 1 is 1.23 bits per heavy atom. The first kappa shape index (κ1) is 10.4. The lowest BCUT2D eigenvalue weighted by Gasteiger charge is -2.13. The maximum absolute atomic E-state index is 10.5. The number of aldehydes is 1. The van der Waals surface area contributed by atoms with E-state index in [4.69, 9.17) is 23.2 Å². The minimum Gasteiger partial charge on any atom is -0.378 e. The van der Waals surface area contributed by atoms with Gasteiger partial charge in [-0.1, -0.05) is 23.2 Å². The zero-order chi connectivity index (χ0) is 10.0. The molecule has 0 atom stereocenters. The van der Waals surface area contributed by atoms with Crippen molar-refractivity contribution in [3.8, 4) is 0 Å². The molecule has 0 bridgehead atoms. The zero-order valence-corrected chi connectivity index (χ0v) is 8.86. The maximum atomic E-state index is 10.5. The van der Waals surface area contributed by atoms with E-state index in [1.807, 2.05) is 19.0 Å². The van der Waals surface area contributed by atoms with Crippen molar-refractivity contribution in [1.82, 2.24) is 0 Å². The number of benzene rings is 1. The van der Waals surface area contributed by atoms with E-state index < -0.39 is 0 Å². The summed E-state index contributed by atoms with van der Waals surface area (Å²) in [7, 11) is 3.76. The van der Waals surface area contributed by atoms with Crippen LogP contribution in [0.5, 0.6) is 0 Å². The number of anilines is 1. The molecular formula is C9H9Cl2NO. The fourth-order valence-electron chi connectivity index (χ4n) is 0.942. The lowest BCUT2D eigenvalue weighted by atomic mass is 10.2. The summed E-state index contributed by atoms with van der Waals surface area (Å²) >= 11 is 11.7. The van der Waals surface area contributed by atoms with Gasteiger partial charge < -0.3 is 4.90 Å². The average molecular weight is 218 g/mol. The molecule has 0 amide bonds. The molecule has 0 spiro atoms. The Labute approximate surface area is 87.1 Å². The highest BCUT2D eigenvalue weighted by atomic mass is 35.5. The van der Waals surface area contributed by atoms with Crippen molar-refractivity contribution >= 4 is 35.2 Å². The van der Waals surface area contributed by atoms with Crippen LogP contribution in [0.25, 0.3) is 0 Å². The van der Waals surface area contributed by atoms with Crippen LogP contribution in [-0.2, 0) is 0 Å². The van der Waals surface area contributed by atoms with Crippen molar-refractivity contribution in [3.63, 3.8) is 0 Å². The molecule has 2 nitrogen and oxygen atoms in total. The van der Waals surface area contributed by atoms with Crippen molar-refractivity contribution in [2.24, 2.45) is 0 Å². The third kappa shape index (κ3) is 2.14. The number of nitrogens with zero attached hydrogens (tertiary/aromatic N) is 1. The molecule has 0 aliphatic carbocycles. The molecule has 1 rings (SSSR count). The van der Waals surface area contributed by atoms with Gasteiger partial charge in [0.2, 0.25) is 0 Å². The van der Waals surface area contributed by atoms with Gasteiger partial charge in [0.15, 0.2) is 6.29 Å². The monoisotopic (exact) mass is 217 g/mol. The highest BCUT2D eigenvalue weighted by Gasteiger charge is 2.07. The molecule has 0 N–H and O–H groups in total. The number of hydrogen-bond donors (Lipinski definition) is 0. The molecular weight excluding hydrogens is 209 g/mol. The van der Waals surface area contributed by atoms with Gasteiger partial charge in [-0.25, -0.2) is 0 Å². The molecule has 0 unspecified atom stereocenters. The van der Waals surface area contributed by atoms with Gasteiger partial charge in [-0.05, 0) is 12.1 Å². The quantitative estimate of drug-likeness (QED) is 0.711. The summed E-state index contributed by atoms with van der Waals surface area (Å²) in [6.45, 7) is 0. The van der Waals surface area contributed by atoms with Crippen LogP contribution < -0.4 is 4.90 Å². The maximum Gasteiger partial charge on any atom is 0.153 e. The van der Waals surface area contributed by atoms with Gasteiger partial charge in [-0.15, -0.1) is 0 Å². The van der Waals surface area contributed by atoms with Crippen LogP contribution in [0, 0.1) is 0 Å². The van der Waals surface area contributed by atoms with Crippen LogP contribution in [0.15, 0.2) is 12.1 Å². The van der Waals surface area contributed by atoms with Crippen LogP contribution in [-0.4, -0.2) is 20.4 Å². The lowest BCUT2D eigenvalue weighted by Crippen LogP contribution is -2.08. The summed E-state index contributed by atoms with van der Waals surface area (Å²) in [5.41, 5.74) is 1.22. The second kappa shape index (κ2) is 3.99. The number of rotatable bonds is 2. The van der Waals surface area contributed by atoms with Gasteiger partial charge in [-0.2, -0.15) is 0 Å². The molecule has 0 saturated carbocycles. The van der Waals surface area contributed by atoms with E-state index in [9.17, 15) is 4.79 Å². The summed E-state index contributed by atoms with van der Waals surface area (Å²) in [4.78, 5) is 12.4. The first-order valence-corrected chi connectivity index (χ1v) is 4.43. The number of carbonyl (C=O) groups excluding carboxylic acids is 1. The predicted octanol–water partition coefficient (Wildman–Crippen LogP) is 2.87. The standard InChI is InChI=1S/C9H9Cl2NO/c1-12(2)6-3-8(10)7(5-13)9(11)4-6/h3-5H,1-2H3. The summed E-state index contributed by atoms with van der Waals surface area (Å²) in [6, 6.07) is 3.41. The minimum atomic E-state index is 0.342. The van der Waals surface area contributed by atoms with Gasteiger partial charge in [0.05, 0.1) is 15.6 Å². The molecule has 1 aromatic rings. The van der Waals surface area contributed by atoms with E-state index in [0.29, 0.717) is 21.9 Å². The van der Waals surface area contributed by atoms with Crippen LogP contribution in [0.3, 0.4) is 0 Å². The van der Waals surface area contributed by atoms with Gasteiger partial charge >= 0.3 is 0 Å². The third-order valence-corrected chi connectivity index (χ3v) is 2.32. The molecule has 0 heterocycles. The molecule has 0 saturated heterocycles. The Morgan fingerprint density at radius 2 is 1.69 bits per heavy atom. The highest BCUT2D eigenvalue weighted by molar-refractivity contribution is 6.38. The Bertz CT molecular complexity index is 313. The molecule has 1 aromatic carbocycles. The largest absolute Gasteiger partial charge is 0.378 e. The molecule has 0 aliphatic heterocycles. The van der Waals surface area contributed by atoms with Gasteiger partial charge in [0.25, 0.3) is 0 Å². The number of carbonyl (C=O) groups is 1. The SMILES string of the molecule is CN(C)c1cc(Cl)c(C=O)c(Cl)c1. The molecule has 0 aliphatic rings. The predicted molar refractivity (Wildman–Crippen MR) is 56.2 cm³/mol. The Balaban J connectivity index is 3.28. The average Bonchev–Trinajstić information content (AvgIpc) is 2.03. The summed E-state index contributed by atoms with van der Waals surface area (Å²) in [5.74, 6) is 0. The first-order chi connectivity index (χ1) is 6.06. The van der Waals surface area contributed by atoms with E-state index in [1.165, 1.54) is 0 Å². The van der Waals surface area contributed by atoms with Crippen molar-refractivity contribution in [2.75, 3.05) is 19.0 Å². The smallest absolute Gasteiger partial charge is 0.153 e. The second-order valence-electron chi connectivity index (χ2n) is 2.84. The minimum absolute atomic E-state index is 0.342. The van der Waals surface area contributed by atoms with E-state index in [2.05, 4.69) is 0 Å². The van der Waals surface area contributed by atoms with Gasteiger partial charge in [0.1, 0.15) is 0 Å². The zero-order valence-electron chi connectivity index (χ0n) is 7.34. The molecule has 0 fully saturated rings. The van der Waals surface area contributed by atoms with Crippen molar-refractivity contribution in [3.05, 3.63) is 27.7 Å². The molecule has 4 heteroatoms. The van der Waals surface area contributed by atoms with Crippen LogP contribution in [0.2, 0.25) is 10.0 Å². The van der Waals surface area contributed by atoms with E-state index in [1.54, 1.807) is 12.1 Å². The summed E-state index contributed by atoms with van der Waals surface area (Å²) in [5, 5.41) is 0.761. The molecule has 13 heavy (non-hydrogen) atoms. The summed E-state index contributed by atoms with van der Waals surface area (Å²) in [6.07, 6.45) is 0.657. The molecule has 0 radical (unpaired) electrons. The highest BCUT2D eigenvalue weighted by Crippen LogP contribution is 2.28. The third-order valence-electron chi connectivity index (χ3n) is 1.70. The Hall–Kier alpha value is -0.730. The van der Waals surface area contributed by atoms with Crippen LogP contribution in [0.1, 0.15) is 10.4 Å². The van der Waals surface area contributed by atoms with Gasteiger partial charge in [-0.3, -0.25) is 4.79 Å². The first-order valence-electron chi connectivity index (χ1n) is 3.68. The lowest BCUT2D eigenvalue weighted by molar-refractivity contribution is 0.112. The van der Waals surface area contributed by atoms with Crippen molar-refractivity contribution in [1.29, 1.82) is 0 Å². The Kier molecular flexibility index (Phi) is 3.17. The van der Waals surface area contributed by atoms with E-state index >= 15 is 0 Å². The van der Waals surface area contributed by atoms with Crippen LogP contribution >= 0.6 is 23.2 Å². The van der Waals surface area contributed by atoms with Crippen molar-refractivity contribution in [2.45, 2.75) is 0 Å². The number of halogens is 2. The second-order valence-corrected chi connectivity index (χ2v) is 3.65. The van der Waals surface area contributed by atoms with Crippen LogP contribution in [0.4, 0.5) is 5.69 Å². The fourth-order valence-corrected chi connectivity index (χ4v) is 1.51. The topological polar surface area (TPSA) is 20.3 Å². The number of hydrogen-bond acceptors (Lipinski definition) is 2. The fraction of sp³-hybridized carbons (Fsp3) is 0.222. The van der Waals surface area contributed by atoms with Crippen molar-refractivity contribution < 1.29 is 4.79 Å². The van der Waals surface area contributed by atoms with Gasteiger partial charge in [0, 0.05) is 19.8 Å². The summed E-state index contributed by atoms with van der Waals surface area (Å²) < 4.78 is 0. The molecule has 0 aromatic heterocycles. The normalized spacial score (nSPS) is 9.85. The van der Waals surface area contributed by atoms with E-state index in [-0.39, 0.29) is 0 Å².